The highest BCUT2D eigenvalue weighted by Crippen LogP contribution is 2.18. The van der Waals surface area contributed by atoms with E-state index in [0.29, 0.717) is 22.7 Å². The minimum absolute atomic E-state index is 0.0666. The van der Waals surface area contributed by atoms with Gasteiger partial charge in [-0.2, -0.15) is 0 Å². The molecular formula is C24H24N2O3S. The minimum Gasteiger partial charge on any atom is -0.497 e. The molecule has 0 unspecified atom stereocenters. The first kappa shape index (κ1) is 21.5. The lowest BCUT2D eigenvalue weighted by atomic mass is 10.2. The van der Waals surface area contributed by atoms with Gasteiger partial charge in [-0.1, -0.05) is 29.8 Å². The zero-order valence-corrected chi connectivity index (χ0v) is 17.8. The van der Waals surface area contributed by atoms with Gasteiger partial charge in [-0.05, 0) is 61.0 Å². The molecule has 0 fully saturated rings. The maximum Gasteiger partial charge on any atom is 0.255 e. The van der Waals surface area contributed by atoms with Crippen molar-refractivity contribution in [1.29, 1.82) is 0 Å². The van der Waals surface area contributed by atoms with Crippen molar-refractivity contribution >= 4 is 35.0 Å². The van der Waals surface area contributed by atoms with Crippen LogP contribution in [-0.2, 0) is 10.5 Å². The van der Waals surface area contributed by atoms with Crippen molar-refractivity contribution in [3.8, 4) is 5.75 Å². The lowest BCUT2D eigenvalue weighted by molar-refractivity contribution is -0.113. The second kappa shape index (κ2) is 10.5. The van der Waals surface area contributed by atoms with Crippen LogP contribution in [0.5, 0.6) is 5.75 Å². The number of anilines is 2. The highest BCUT2D eigenvalue weighted by Gasteiger charge is 2.08. The van der Waals surface area contributed by atoms with Gasteiger partial charge in [0, 0.05) is 22.7 Å². The molecule has 3 rings (SSSR count). The number of aryl methyl sites for hydroxylation is 1. The Morgan fingerprint density at radius 2 is 1.57 bits per heavy atom. The van der Waals surface area contributed by atoms with Crippen molar-refractivity contribution in [3.05, 3.63) is 89.5 Å². The van der Waals surface area contributed by atoms with Crippen LogP contribution in [0.2, 0.25) is 0 Å². The fraction of sp³-hybridized carbons (Fsp3) is 0.167. The van der Waals surface area contributed by atoms with Crippen LogP contribution >= 0.6 is 11.8 Å². The van der Waals surface area contributed by atoms with Gasteiger partial charge in [0.1, 0.15) is 5.75 Å². The van der Waals surface area contributed by atoms with Crippen LogP contribution in [-0.4, -0.2) is 24.7 Å². The van der Waals surface area contributed by atoms with E-state index < -0.39 is 0 Å². The van der Waals surface area contributed by atoms with Crippen LogP contribution in [0.3, 0.4) is 0 Å². The number of carbonyl (C=O) groups is 2. The Balaban J connectivity index is 1.47. The molecule has 0 saturated heterocycles. The van der Waals surface area contributed by atoms with Crippen molar-refractivity contribution in [2.45, 2.75) is 12.7 Å². The van der Waals surface area contributed by atoms with Gasteiger partial charge in [-0.15, -0.1) is 11.8 Å². The zero-order valence-electron chi connectivity index (χ0n) is 17.0. The molecule has 154 valence electrons. The van der Waals surface area contributed by atoms with Gasteiger partial charge in [-0.25, -0.2) is 0 Å². The molecule has 3 aromatic rings. The number of hydrogen-bond acceptors (Lipinski definition) is 4. The predicted molar refractivity (Wildman–Crippen MR) is 123 cm³/mol. The normalized spacial score (nSPS) is 10.3. The third kappa shape index (κ3) is 6.39. The molecule has 5 nitrogen and oxygen atoms in total. The Morgan fingerprint density at radius 3 is 2.23 bits per heavy atom. The molecule has 0 aliphatic carbocycles. The average molecular weight is 421 g/mol. The molecule has 6 heteroatoms. The lowest BCUT2D eigenvalue weighted by Crippen LogP contribution is -2.15. The number of methoxy groups -OCH3 is 1. The first-order valence-electron chi connectivity index (χ1n) is 9.52. The van der Waals surface area contributed by atoms with E-state index in [2.05, 4.69) is 35.8 Å². The van der Waals surface area contributed by atoms with Crippen molar-refractivity contribution in [3.63, 3.8) is 0 Å². The van der Waals surface area contributed by atoms with Crippen LogP contribution in [0.25, 0.3) is 0 Å². The molecule has 0 atom stereocenters. The SMILES string of the molecule is COc1ccc(NC(=O)c2ccc(NC(=O)CSCc3cccc(C)c3)cc2)cc1. The standard InChI is InChI=1S/C24H24N2O3S/c1-17-4-3-5-18(14-17)15-30-16-23(27)25-20-8-6-19(7-9-20)24(28)26-21-10-12-22(29-2)13-11-21/h3-14H,15-16H2,1-2H3,(H,25,27)(H,26,28). The van der Waals surface area contributed by atoms with Crippen LogP contribution in [0.1, 0.15) is 21.5 Å². The maximum absolute atomic E-state index is 12.4. The van der Waals surface area contributed by atoms with E-state index in [1.807, 2.05) is 6.07 Å². The Morgan fingerprint density at radius 1 is 0.900 bits per heavy atom. The number of thioether (sulfide) groups is 1. The summed E-state index contributed by atoms with van der Waals surface area (Å²) < 4.78 is 5.11. The maximum atomic E-state index is 12.4. The highest BCUT2D eigenvalue weighted by atomic mass is 32.2. The summed E-state index contributed by atoms with van der Waals surface area (Å²) in [5, 5.41) is 5.69. The van der Waals surface area contributed by atoms with Gasteiger partial charge in [0.15, 0.2) is 0 Å². The van der Waals surface area contributed by atoms with E-state index in [0.717, 1.165) is 11.5 Å². The molecule has 0 radical (unpaired) electrons. The summed E-state index contributed by atoms with van der Waals surface area (Å²) in [6.07, 6.45) is 0. The number of rotatable bonds is 8. The average Bonchev–Trinajstić information content (AvgIpc) is 2.75. The fourth-order valence-electron chi connectivity index (χ4n) is 2.84. The number of hydrogen-bond donors (Lipinski definition) is 2. The number of benzene rings is 3. The highest BCUT2D eigenvalue weighted by molar-refractivity contribution is 7.99. The first-order valence-corrected chi connectivity index (χ1v) is 10.7. The van der Waals surface area contributed by atoms with E-state index in [4.69, 9.17) is 4.74 Å². The molecule has 0 heterocycles. The number of ether oxygens (including phenoxy) is 1. The summed E-state index contributed by atoms with van der Waals surface area (Å²) in [6.45, 7) is 2.06. The van der Waals surface area contributed by atoms with E-state index >= 15 is 0 Å². The summed E-state index contributed by atoms with van der Waals surface area (Å²) in [5.74, 6) is 1.60. The van der Waals surface area contributed by atoms with Gasteiger partial charge in [-0.3, -0.25) is 9.59 Å². The second-order valence-electron chi connectivity index (χ2n) is 6.79. The van der Waals surface area contributed by atoms with Crippen LogP contribution in [0, 0.1) is 6.92 Å². The van der Waals surface area contributed by atoms with Gasteiger partial charge < -0.3 is 15.4 Å². The third-order valence-electron chi connectivity index (χ3n) is 4.36. The molecule has 2 amide bonds. The van der Waals surface area contributed by atoms with Crippen molar-refractivity contribution < 1.29 is 14.3 Å². The third-order valence-corrected chi connectivity index (χ3v) is 5.37. The van der Waals surface area contributed by atoms with E-state index in [-0.39, 0.29) is 11.8 Å². The zero-order chi connectivity index (χ0) is 21.3. The largest absolute Gasteiger partial charge is 0.497 e. The molecule has 0 bridgehead atoms. The monoisotopic (exact) mass is 420 g/mol. The molecule has 0 aliphatic rings. The Labute approximate surface area is 180 Å². The molecule has 30 heavy (non-hydrogen) atoms. The number of amides is 2. The second-order valence-corrected chi connectivity index (χ2v) is 7.78. The van der Waals surface area contributed by atoms with Crippen LogP contribution < -0.4 is 15.4 Å². The fourth-order valence-corrected chi connectivity index (χ4v) is 3.62. The van der Waals surface area contributed by atoms with Gasteiger partial charge in [0.2, 0.25) is 5.91 Å². The molecule has 0 spiro atoms. The van der Waals surface area contributed by atoms with Gasteiger partial charge in [0.05, 0.1) is 12.9 Å². The van der Waals surface area contributed by atoms with E-state index in [1.54, 1.807) is 67.4 Å². The molecule has 3 aromatic carbocycles. The van der Waals surface area contributed by atoms with Gasteiger partial charge in [0.25, 0.3) is 5.91 Å². The Hall–Kier alpha value is -3.25. The van der Waals surface area contributed by atoms with E-state index in [9.17, 15) is 9.59 Å². The molecule has 2 N–H and O–H groups in total. The lowest BCUT2D eigenvalue weighted by Gasteiger charge is -2.08. The van der Waals surface area contributed by atoms with Gasteiger partial charge >= 0.3 is 0 Å². The van der Waals surface area contributed by atoms with Crippen LogP contribution in [0.4, 0.5) is 11.4 Å². The summed E-state index contributed by atoms with van der Waals surface area (Å²) >= 11 is 1.57. The van der Waals surface area contributed by atoms with Crippen molar-refractivity contribution in [2.75, 3.05) is 23.5 Å². The first-order chi connectivity index (χ1) is 14.5. The summed E-state index contributed by atoms with van der Waals surface area (Å²) in [7, 11) is 1.59. The number of nitrogens with one attached hydrogen (secondary N) is 2. The van der Waals surface area contributed by atoms with Crippen molar-refractivity contribution in [2.24, 2.45) is 0 Å². The van der Waals surface area contributed by atoms with Crippen LogP contribution in [0.15, 0.2) is 72.8 Å². The molecule has 0 aromatic heterocycles. The summed E-state index contributed by atoms with van der Waals surface area (Å²) in [5.41, 5.74) is 4.28. The smallest absolute Gasteiger partial charge is 0.255 e. The Kier molecular flexibility index (Phi) is 7.51. The summed E-state index contributed by atoms with van der Waals surface area (Å²) in [6, 6.07) is 22.2. The Bertz CT molecular complexity index is 1000. The quantitative estimate of drug-likeness (QED) is 0.530. The van der Waals surface area contributed by atoms with Crippen molar-refractivity contribution in [1.82, 2.24) is 0 Å². The summed E-state index contributed by atoms with van der Waals surface area (Å²) in [4.78, 5) is 24.5. The number of carbonyl (C=O) groups excluding carboxylic acids is 2. The minimum atomic E-state index is -0.216. The van der Waals surface area contributed by atoms with E-state index in [1.165, 1.54) is 11.1 Å². The molecule has 0 saturated carbocycles. The predicted octanol–water partition coefficient (Wildman–Crippen LogP) is 5.13. The molecule has 0 aliphatic heterocycles. The molecular weight excluding hydrogens is 396 g/mol. The topological polar surface area (TPSA) is 67.4 Å².